The number of amides is 1. The zero-order chi connectivity index (χ0) is 25.7. The molecule has 2 aliphatic rings. The molecule has 1 fully saturated rings. The summed E-state index contributed by atoms with van der Waals surface area (Å²) in [7, 11) is 0. The number of rotatable bonds is 8. The number of nitro groups is 1. The van der Waals surface area contributed by atoms with E-state index < -0.39 is 41.3 Å². The van der Waals surface area contributed by atoms with E-state index in [0.717, 1.165) is 0 Å². The Balaban J connectivity index is 1.49. The van der Waals surface area contributed by atoms with E-state index in [1.807, 2.05) is 0 Å². The number of benzene rings is 1. The summed E-state index contributed by atoms with van der Waals surface area (Å²) in [5, 5.41) is 31.9. The van der Waals surface area contributed by atoms with Crippen molar-refractivity contribution in [1.82, 2.24) is 14.3 Å². The van der Waals surface area contributed by atoms with Crippen molar-refractivity contribution in [3.8, 4) is 0 Å². The molecular formula is C23H20N4O8S. The normalized spacial score (nSPS) is 19.9. The fourth-order valence-electron chi connectivity index (χ4n) is 4.69. The van der Waals surface area contributed by atoms with Crippen LogP contribution >= 0.6 is 11.3 Å². The molecule has 5 rings (SSSR count). The number of carbonyl (C=O) groups excluding carboxylic acids is 3. The molecule has 12 nitrogen and oxygen atoms in total. The summed E-state index contributed by atoms with van der Waals surface area (Å²) in [6, 6.07) is 5.14. The van der Waals surface area contributed by atoms with E-state index in [2.05, 4.69) is 4.98 Å². The summed E-state index contributed by atoms with van der Waals surface area (Å²) in [4.78, 5) is 54.4. The lowest BCUT2D eigenvalue weighted by Crippen LogP contribution is -2.61. The van der Waals surface area contributed by atoms with Crippen LogP contribution in [-0.4, -0.2) is 65.8 Å². The lowest BCUT2D eigenvalue weighted by molar-refractivity contribution is -0.384. The molecule has 1 amide bonds. The second kappa shape index (κ2) is 8.93. The summed E-state index contributed by atoms with van der Waals surface area (Å²) < 4.78 is 7.10. The van der Waals surface area contributed by atoms with Crippen LogP contribution in [-0.2, 0) is 20.9 Å². The Kier molecular flexibility index (Phi) is 5.90. The summed E-state index contributed by atoms with van der Waals surface area (Å²) in [6.07, 6.45) is 0.803. The molecule has 186 valence electrons. The number of Topliss-reactive ketones (excluding diaryl/α,β-unsaturated/α-hetero) is 1. The highest BCUT2D eigenvalue weighted by molar-refractivity contribution is 7.16. The van der Waals surface area contributed by atoms with Crippen molar-refractivity contribution >= 4 is 45.1 Å². The van der Waals surface area contributed by atoms with Crippen LogP contribution in [0.5, 0.6) is 0 Å². The number of aliphatic hydroxyl groups excluding tert-OH is 2. The van der Waals surface area contributed by atoms with Gasteiger partial charge in [-0.25, -0.2) is 9.78 Å². The van der Waals surface area contributed by atoms with Crippen molar-refractivity contribution in [2.24, 2.45) is 5.92 Å². The zero-order valence-electron chi connectivity index (χ0n) is 18.9. The molecule has 0 saturated carbocycles. The van der Waals surface area contributed by atoms with Gasteiger partial charge in [-0.05, 0) is 31.0 Å². The maximum Gasteiger partial charge on any atom is 0.355 e. The predicted molar refractivity (Wildman–Crippen MR) is 125 cm³/mol. The molecule has 1 aromatic carbocycles. The van der Waals surface area contributed by atoms with Gasteiger partial charge < -0.3 is 19.8 Å². The summed E-state index contributed by atoms with van der Waals surface area (Å²) in [6.45, 7) is 0.665. The SMILES string of the molecule is C[C@@H](O)[C@H]1C(=O)N2C(C(=O)OCc3ccc([N+](=O)[O-])cc3)=C(c3csc4c(C(=O)CO)ncn34)C[C@H]12. The number of hydrogen-bond donors (Lipinski definition) is 2. The number of β-lactam (4-membered cyclic amide) rings is 1. The van der Waals surface area contributed by atoms with Crippen LogP contribution in [0.3, 0.4) is 0 Å². The van der Waals surface area contributed by atoms with Gasteiger partial charge in [-0.1, -0.05) is 0 Å². The Hall–Kier alpha value is -3.94. The Morgan fingerprint density at radius 2 is 2.06 bits per heavy atom. The largest absolute Gasteiger partial charge is 0.456 e. The number of aliphatic hydroxyl groups is 2. The van der Waals surface area contributed by atoms with Gasteiger partial charge in [0.05, 0.1) is 28.7 Å². The lowest BCUT2D eigenvalue weighted by atomic mass is 9.83. The quantitative estimate of drug-likeness (QED) is 0.150. The average Bonchev–Trinajstić information content (AvgIpc) is 3.54. The number of aromatic nitrogens is 2. The third kappa shape index (κ3) is 3.68. The first kappa shape index (κ1) is 23.8. The fraction of sp³-hybridized carbons (Fsp3) is 0.304. The third-order valence-electron chi connectivity index (χ3n) is 6.42. The standard InChI is InChI=1S/C23H20N4O8S/c1-11(29)18-15-6-14(16-9-36-22-19(17(30)7-28)24-10-25(16)22)20(26(15)21(18)31)23(32)35-8-12-2-4-13(5-3-12)27(33)34/h2-5,9-11,15,18,28-29H,6-8H2,1H3/t11-,15-,18-/m1/s1. The number of hydrogen-bond acceptors (Lipinski definition) is 10. The van der Waals surface area contributed by atoms with Gasteiger partial charge in [0.1, 0.15) is 35.8 Å². The predicted octanol–water partition coefficient (Wildman–Crippen LogP) is 1.54. The maximum absolute atomic E-state index is 13.3. The highest BCUT2D eigenvalue weighted by Crippen LogP contribution is 2.48. The van der Waals surface area contributed by atoms with Gasteiger partial charge >= 0.3 is 5.97 Å². The highest BCUT2D eigenvalue weighted by Gasteiger charge is 2.57. The highest BCUT2D eigenvalue weighted by atomic mass is 32.1. The maximum atomic E-state index is 13.3. The van der Waals surface area contributed by atoms with Crippen molar-refractivity contribution < 1.29 is 34.3 Å². The fourth-order valence-corrected chi connectivity index (χ4v) is 5.71. The van der Waals surface area contributed by atoms with Crippen LogP contribution in [0.2, 0.25) is 0 Å². The van der Waals surface area contributed by atoms with Gasteiger partial charge in [0, 0.05) is 23.1 Å². The first-order chi connectivity index (χ1) is 17.2. The number of ketones is 1. The Morgan fingerprint density at radius 1 is 1.33 bits per heavy atom. The van der Waals surface area contributed by atoms with Crippen molar-refractivity contribution in [3.05, 3.63) is 68.7 Å². The van der Waals surface area contributed by atoms with E-state index in [9.17, 15) is 34.7 Å². The number of carbonyl (C=O) groups is 3. The second-order valence-electron chi connectivity index (χ2n) is 8.54. The molecule has 4 heterocycles. The molecule has 2 aromatic heterocycles. The number of fused-ring (bicyclic) bond motifs is 2. The van der Waals surface area contributed by atoms with Crippen LogP contribution in [0.15, 0.2) is 41.7 Å². The number of nitrogens with zero attached hydrogens (tertiary/aromatic N) is 4. The van der Waals surface area contributed by atoms with Gasteiger partial charge in [0.15, 0.2) is 0 Å². The first-order valence-electron chi connectivity index (χ1n) is 11.0. The van der Waals surface area contributed by atoms with Gasteiger partial charge in [0.2, 0.25) is 11.7 Å². The molecule has 2 N–H and O–H groups in total. The van der Waals surface area contributed by atoms with Gasteiger partial charge in [-0.3, -0.25) is 24.1 Å². The monoisotopic (exact) mass is 512 g/mol. The summed E-state index contributed by atoms with van der Waals surface area (Å²) in [5.74, 6) is -2.35. The molecule has 3 atom stereocenters. The summed E-state index contributed by atoms with van der Waals surface area (Å²) >= 11 is 1.21. The molecule has 2 aliphatic heterocycles. The van der Waals surface area contributed by atoms with Crippen molar-refractivity contribution in [2.75, 3.05) is 6.61 Å². The number of ether oxygens (including phenoxy) is 1. The molecule has 3 aromatic rings. The molecule has 13 heteroatoms. The van der Waals surface area contributed by atoms with Crippen LogP contribution in [0.25, 0.3) is 10.4 Å². The Labute approximate surface area is 207 Å². The average molecular weight is 513 g/mol. The van der Waals surface area contributed by atoms with Crippen molar-refractivity contribution in [1.29, 1.82) is 0 Å². The number of thiazole rings is 1. The van der Waals surface area contributed by atoms with Crippen molar-refractivity contribution in [2.45, 2.75) is 32.1 Å². The van der Waals surface area contributed by atoms with E-state index in [-0.39, 0.29) is 36.0 Å². The van der Waals surface area contributed by atoms with Crippen molar-refractivity contribution in [3.63, 3.8) is 0 Å². The molecule has 0 aliphatic carbocycles. The third-order valence-corrected chi connectivity index (χ3v) is 7.38. The zero-order valence-corrected chi connectivity index (χ0v) is 19.7. The number of imidazole rings is 1. The summed E-state index contributed by atoms with van der Waals surface area (Å²) in [5.41, 5.74) is 1.65. The van der Waals surface area contributed by atoms with Crippen LogP contribution < -0.4 is 0 Å². The number of nitro benzene ring substituents is 1. The minimum absolute atomic E-state index is 0.0484. The van der Waals surface area contributed by atoms with E-state index in [1.165, 1.54) is 53.8 Å². The topological polar surface area (TPSA) is 165 Å². The number of non-ortho nitro benzene ring substituents is 1. The van der Waals surface area contributed by atoms with E-state index in [1.54, 1.807) is 9.78 Å². The van der Waals surface area contributed by atoms with E-state index in [0.29, 0.717) is 21.7 Å². The molecule has 0 spiro atoms. The van der Waals surface area contributed by atoms with Crippen LogP contribution in [0.1, 0.15) is 35.1 Å². The molecule has 0 bridgehead atoms. The van der Waals surface area contributed by atoms with Crippen LogP contribution in [0, 0.1) is 16.0 Å². The molecular weight excluding hydrogens is 492 g/mol. The second-order valence-corrected chi connectivity index (χ2v) is 9.40. The Morgan fingerprint density at radius 3 is 2.69 bits per heavy atom. The molecule has 36 heavy (non-hydrogen) atoms. The van der Waals surface area contributed by atoms with Gasteiger partial charge in [-0.15, -0.1) is 11.3 Å². The van der Waals surface area contributed by atoms with Crippen LogP contribution in [0.4, 0.5) is 5.69 Å². The minimum Gasteiger partial charge on any atom is -0.456 e. The first-order valence-corrected chi connectivity index (χ1v) is 11.8. The Bertz CT molecular complexity index is 1440. The smallest absolute Gasteiger partial charge is 0.355 e. The van der Waals surface area contributed by atoms with E-state index in [4.69, 9.17) is 4.74 Å². The van der Waals surface area contributed by atoms with Gasteiger partial charge in [0.25, 0.3) is 5.69 Å². The molecule has 0 unspecified atom stereocenters. The lowest BCUT2D eigenvalue weighted by Gasteiger charge is -2.44. The van der Waals surface area contributed by atoms with E-state index >= 15 is 0 Å². The molecule has 0 radical (unpaired) electrons. The molecule has 1 saturated heterocycles. The minimum atomic E-state index is -0.903. The van der Waals surface area contributed by atoms with Gasteiger partial charge in [-0.2, -0.15) is 0 Å². The number of esters is 1.